The topological polar surface area (TPSA) is 20.2 Å². The van der Waals surface area contributed by atoms with E-state index in [1.165, 1.54) is 0 Å². The fourth-order valence-corrected chi connectivity index (χ4v) is 2.19. The summed E-state index contributed by atoms with van der Waals surface area (Å²) >= 11 is 9.43. The number of aliphatic hydroxyl groups excluding tert-OH is 1. The second kappa shape index (κ2) is 5.21. The molecule has 0 aliphatic rings. The third kappa shape index (κ3) is 2.71. The second-order valence-corrected chi connectivity index (χ2v) is 5.23. The zero-order chi connectivity index (χ0) is 12.4. The van der Waals surface area contributed by atoms with Crippen molar-refractivity contribution in [3.63, 3.8) is 0 Å². The molecule has 0 spiro atoms. The molecule has 1 atom stereocenters. The smallest absolute Gasteiger partial charge is 0.104 e. The van der Waals surface area contributed by atoms with Gasteiger partial charge in [-0.1, -0.05) is 51.8 Å². The highest BCUT2D eigenvalue weighted by atomic mass is 79.9. The number of hydrogen-bond donors (Lipinski definition) is 1. The lowest BCUT2D eigenvalue weighted by atomic mass is 9.98. The van der Waals surface area contributed by atoms with Gasteiger partial charge in [-0.3, -0.25) is 0 Å². The second-order valence-electron chi connectivity index (χ2n) is 3.91. The van der Waals surface area contributed by atoms with Gasteiger partial charge in [-0.2, -0.15) is 0 Å². The highest BCUT2D eigenvalue weighted by molar-refractivity contribution is 9.10. The summed E-state index contributed by atoms with van der Waals surface area (Å²) < 4.78 is 0.997. The Labute approximate surface area is 114 Å². The molecule has 0 saturated heterocycles. The Morgan fingerprint density at radius 2 is 1.76 bits per heavy atom. The predicted octanol–water partition coefficient (Wildman–Crippen LogP) is 4.49. The molecule has 0 bridgehead atoms. The molecule has 2 aromatic carbocycles. The van der Waals surface area contributed by atoms with Crippen molar-refractivity contribution in [3.05, 3.63) is 68.7 Å². The fraction of sp³-hybridized carbons (Fsp3) is 0.143. The van der Waals surface area contributed by atoms with E-state index in [9.17, 15) is 5.11 Å². The van der Waals surface area contributed by atoms with Crippen LogP contribution in [0.4, 0.5) is 0 Å². The summed E-state index contributed by atoms with van der Waals surface area (Å²) in [6, 6.07) is 13.2. The predicted molar refractivity (Wildman–Crippen MR) is 74.4 cm³/mol. The standard InChI is InChI=1S/C14H12BrClO/c1-9-12(3-2-4-13(9)16)14(17)10-5-7-11(15)8-6-10/h2-8,14,17H,1H3. The summed E-state index contributed by atoms with van der Waals surface area (Å²) in [5.41, 5.74) is 2.63. The maximum atomic E-state index is 10.3. The van der Waals surface area contributed by atoms with Crippen molar-refractivity contribution >= 4 is 27.5 Å². The Hall–Kier alpha value is -0.830. The van der Waals surface area contributed by atoms with Gasteiger partial charge in [-0.15, -0.1) is 0 Å². The number of halogens is 2. The van der Waals surface area contributed by atoms with Gasteiger partial charge in [0.25, 0.3) is 0 Å². The SMILES string of the molecule is Cc1c(Cl)cccc1C(O)c1ccc(Br)cc1. The first-order valence-corrected chi connectivity index (χ1v) is 6.45. The van der Waals surface area contributed by atoms with E-state index in [1.807, 2.05) is 49.4 Å². The highest BCUT2D eigenvalue weighted by Crippen LogP contribution is 2.29. The van der Waals surface area contributed by atoms with Gasteiger partial charge in [-0.05, 0) is 41.8 Å². The third-order valence-electron chi connectivity index (χ3n) is 2.79. The minimum Gasteiger partial charge on any atom is -0.384 e. The Morgan fingerprint density at radius 3 is 2.41 bits per heavy atom. The van der Waals surface area contributed by atoms with Crippen LogP contribution in [0.15, 0.2) is 46.9 Å². The van der Waals surface area contributed by atoms with Crippen LogP contribution in [0, 0.1) is 6.92 Å². The van der Waals surface area contributed by atoms with E-state index in [-0.39, 0.29) is 0 Å². The van der Waals surface area contributed by atoms with Gasteiger partial charge >= 0.3 is 0 Å². The average molecular weight is 312 g/mol. The molecule has 0 heterocycles. The molecule has 2 aromatic rings. The highest BCUT2D eigenvalue weighted by Gasteiger charge is 2.13. The number of benzene rings is 2. The van der Waals surface area contributed by atoms with Crippen LogP contribution in [-0.2, 0) is 0 Å². The van der Waals surface area contributed by atoms with E-state index < -0.39 is 6.10 Å². The molecule has 0 aromatic heterocycles. The van der Waals surface area contributed by atoms with Gasteiger partial charge in [0.05, 0.1) is 0 Å². The van der Waals surface area contributed by atoms with Crippen LogP contribution in [0.1, 0.15) is 22.8 Å². The number of rotatable bonds is 2. The lowest BCUT2D eigenvalue weighted by molar-refractivity contribution is 0.219. The molecular weight excluding hydrogens is 300 g/mol. The molecule has 1 nitrogen and oxygen atoms in total. The molecule has 0 aliphatic heterocycles. The molecule has 0 radical (unpaired) electrons. The largest absolute Gasteiger partial charge is 0.384 e. The molecule has 1 unspecified atom stereocenters. The third-order valence-corrected chi connectivity index (χ3v) is 3.73. The number of aliphatic hydroxyl groups is 1. The average Bonchev–Trinajstić information content (AvgIpc) is 2.33. The summed E-state index contributed by atoms with van der Waals surface area (Å²) in [5.74, 6) is 0. The molecule has 1 N–H and O–H groups in total. The van der Waals surface area contributed by atoms with Gasteiger partial charge in [0.1, 0.15) is 6.10 Å². The van der Waals surface area contributed by atoms with Crippen LogP contribution < -0.4 is 0 Å². The fourth-order valence-electron chi connectivity index (χ4n) is 1.75. The minimum atomic E-state index is -0.637. The van der Waals surface area contributed by atoms with Crippen molar-refractivity contribution in [3.8, 4) is 0 Å². The van der Waals surface area contributed by atoms with Gasteiger partial charge in [0.15, 0.2) is 0 Å². The Kier molecular flexibility index (Phi) is 3.87. The molecule has 0 fully saturated rings. The minimum absolute atomic E-state index is 0.637. The van der Waals surface area contributed by atoms with E-state index >= 15 is 0 Å². The first kappa shape index (κ1) is 12.6. The molecule has 3 heteroatoms. The van der Waals surface area contributed by atoms with Crippen LogP contribution in [0.25, 0.3) is 0 Å². The van der Waals surface area contributed by atoms with Crippen molar-refractivity contribution in [1.29, 1.82) is 0 Å². The summed E-state index contributed by atoms with van der Waals surface area (Å²) in [6.45, 7) is 1.92. The zero-order valence-electron chi connectivity index (χ0n) is 9.32. The normalized spacial score (nSPS) is 12.5. The van der Waals surface area contributed by atoms with E-state index in [1.54, 1.807) is 0 Å². The van der Waals surface area contributed by atoms with Crippen molar-refractivity contribution in [2.75, 3.05) is 0 Å². The van der Waals surface area contributed by atoms with E-state index in [0.29, 0.717) is 5.02 Å². The van der Waals surface area contributed by atoms with E-state index in [0.717, 1.165) is 21.2 Å². The molecule has 0 saturated carbocycles. The Bertz CT molecular complexity index is 522. The molecule has 2 rings (SSSR count). The van der Waals surface area contributed by atoms with Gasteiger partial charge in [0, 0.05) is 9.50 Å². The van der Waals surface area contributed by atoms with E-state index in [2.05, 4.69) is 15.9 Å². The lowest BCUT2D eigenvalue weighted by Gasteiger charge is -2.15. The molecule has 0 amide bonds. The van der Waals surface area contributed by atoms with Crippen molar-refractivity contribution in [2.45, 2.75) is 13.0 Å². The van der Waals surface area contributed by atoms with Crippen LogP contribution in [0.3, 0.4) is 0 Å². The van der Waals surface area contributed by atoms with Crippen molar-refractivity contribution in [1.82, 2.24) is 0 Å². The molecule has 0 aliphatic carbocycles. The van der Waals surface area contributed by atoms with Crippen molar-refractivity contribution < 1.29 is 5.11 Å². The van der Waals surface area contributed by atoms with Gasteiger partial charge in [0.2, 0.25) is 0 Å². The quantitative estimate of drug-likeness (QED) is 0.866. The molecule has 88 valence electrons. The number of hydrogen-bond acceptors (Lipinski definition) is 1. The molecule has 17 heavy (non-hydrogen) atoms. The van der Waals surface area contributed by atoms with Gasteiger partial charge < -0.3 is 5.11 Å². The van der Waals surface area contributed by atoms with Crippen LogP contribution in [-0.4, -0.2) is 5.11 Å². The lowest BCUT2D eigenvalue weighted by Crippen LogP contribution is -2.02. The Morgan fingerprint density at radius 1 is 1.12 bits per heavy atom. The first-order chi connectivity index (χ1) is 8.09. The maximum absolute atomic E-state index is 10.3. The molecular formula is C14H12BrClO. The van der Waals surface area contributed by atoms with E-state index in [4.69, 9.17) is 11.6 Å². The van der Waals surface area contributed by atoms with Crippen molar-refractivity contribution in [2.24, 2.45) is 0 Å². The summed E-state index contributed by atoms with van der Waals surface area (Å²) in [5, 5.41) is 11.0. The summed E-state index contributed by atoms with van der Waals surface area (Å²) in [4.78, 5) is 0. The first-order valence-electron chi connectivity index (χ1n) is 5.28. The summed E-state index contributed by atoms with van der Waals surface area (Å²) in [6.07, 6.45) is -0.637. The van der Waals surface area contributed by atoms with Crippen LogP contribution in [0.5, 0.6) is 0 Å². The van der Waals surface area contributed by atoms with Crippen LogP contribution in [0.2, 0.25) is 5.02 Å². The Balaban J connectivity index is 2.40. The maximum Gasteiger partial charge on any atom is 0.104 e. The monoisotopic (exact) mass is 310 g/mol. The van der Waals surface area contributed by atoms with Gasteiger partial charge in [-0.25, -0.2) is 0 Å². The van der Waals surface area contributed by atoms with Crippen LogP contribution >= 0.6 is 27.5 Å². The summed E-state index contributed by atoms with van der Waals surface area (Å²) in [7, 11) is 0. The zero-order valence-corrected chi connectivity index (χ0v) is 11.7.